The van der Waals surface area contributed by atoms with Crippen LogP contribution in [0.1, 0.15) is 16.1 Å². The standard InChI is InChI=1S/C20H19N3O5S/c1-27-10-9-21-18-8-7-16(23(25)26)11-17(18)20(24)28-12-15-13-29-19(22-15)14-5-3-2-4-6-14/h2-8,11,13,21H,9-10,12H2,1H3. The van der Waals surface area contributed by atoms with Crippen molar-refractivity contribution in [3.63, 3.8) is 0 Å². The van der Waals surface area contributed by atoms with Crippen LogP contribution in [0.4, 0.5) is 11.4 Å². The molecule has 0 fully saturated rings. The third-order valence-electron chi connectivity index (χ3n) is 3.98. The summed E-state index contributed by atoms with van der Waals surface area (Å²) in [6, 6.07) is 13.7. The maximum atomic E-state index is 12.6. The number of anilines is 1. The van der Waals surface area contributed by atoms with E-state index >= 15 is 0 Å². The molecule has 9 heteroatoms. The van der Waals surface area contributed by atoms with Gasteiger partial charge in [0, 0.05) is 42.4 Å². The average molecular weight is 413 g/mol. The number of aromatic nitrogens is 1. The number of thiazole rings is 1. The van der Waals surface area contributed by atoms with Crippen LogP contribution < -0.4 is 5.32 Å². The number of carbonyl (C=O) groups excluding carboxylic acids is 1. The molecule has 2 aromatic carbocycles. The van der Waals surface area contributed by atoms with Crippen molar-refractivity contribution in [1.82, 2.24) is 4.98 Å². The lowest BCUT2D eigenvalue weighted by Crippen LogP contribution is -2.13. The largest absolute Gasteiger partial charge is 0.455 e. The van der Waals surface area contributed by atoms with Crippen LogP contribution in [0.5, 0.6) is 0 Å². The van der Waals surface area contributed by atoms with E-state index in [9.17, 15) is 14.9 Å². The minimum Gasteiger partial charge on any atom is -0.455 e. The molecule has 0 spiro atoms. The predicted molar refractivity (Wildman–Crippen MR) is 110 cm³/mol. The van der Waals surface area contributed by atoms with E-state index in [2.05, 4.69) is 10.3 Å². The van der Waals surface area contributed by atoms with Crippen LogP contribution in [0.2, 0.25) is 0 Å². The molecule has 1 heterocycles. The number of nitrogens with one attached hydrogen (secondary N) is 1. The number of non-ortho nitro benzene ring substituents is 1. The van der Waals surface area contributed by atoms with Gasteiger partial charge in [-0.15, -0.1) is 11.3 Å². The molecule has 0 aliphatic rings. The molecule has 29 heavy (non-hydrogen) atoms. The summed E-state index contributed by atoms with van der Waals surface area (Å²) in [5.41, 5.74) is 1.95. The van der Waals surface area contributed by atoms with Gasteiger partial charge in [-0.3, -0.25) is 10.1 Å². The fourth-order valence-corrected chi connectivity index (χ4v) is 3.37. The maximum absolute atomic E-state index is 12.6. The summed E-state index contributed by atoms with van der Waals surface area (Å²) in [6.45, 7) is 0.843. The SMILES string of the molecule is COCCNc1ccc([N+](=O)[O-])cc1C(=O)OCc1csc(-c2ccccc2)n1. The van der Waals surface area contributed by atoms with E-state index in [1.54, 1.807) is 7.11 Å². The van der Waals surface area contributed by atoms with Gasteiger partial charge >= 0.3 is 5.97 Å². The lowest BCUT2D eigenvalue weighted by molar-refractivity contribution is -0.384. The molecule has 8 nitrogen and oxygen atoms in total. The summed E-state index contributed by atoms with van der Waals surface area (Å²) in [5.74, 6) is -0.664. The molecule has 0 radical (unpaired) electrons. The molecule has 0 aliphatic carbocycles. The van der Waals surface area contributed by atoms with Crippen molar-refractivity contribution in [3.8, 4) is 10.6 Å². The van der Waals surface area contributed by atoms with E-state index in [1.807, 2.05) is 35.7 Å². The van der Waals surface area contributed by atoms with Crippen LogP contribution in [-0.4, -0.2) is 36.1 Å². The Morgan fingerprint density at radius 3 is 2.76 bits per heavy atom. The molecule has 0 bridgehead atoms. The minimum absolute atomic E-state index is 0.0254. The van der Waals surface area contributed by atoms with Gasteiger partial charge in [-0.05, 0) is 6.07 Å². The second-order valence-corrected chi connectivity index (χ2v) is 6.85. The molecule has 1 aromatic heterocycles. The number of esters is 1. The Kier molecular flexibility index (Phi) is 6.88. The van der Waals surface area contributed by atoms with Crippen LogP contribution in [0.25, 0.3) is 10.6 Å². The zero-order valence-corrected chi connectivity index (χ0v) is 16.5. The molecule has 0 atom stereocenters. The number of carbonyl (C=O) groups is 1. The molecule has 0 saturated carbocycles. The van der Waals surface area contributed by atoms with Crippen molar-refractivity contribution < 1.29 is 19.2 Å². The number of nitro groups is 1. The first-order valence-corrected chi connectivity index (χ1v) is 9.64. The number of nitrogens with zero attached hydrogens (tertiary/aromatic N) is 2. The second kappa shape index (κ2) is 9.76. The van der Waals surface area contributed by atoms with Gasteiger partial charge in [-0.1, -0.05) is 30.3 Å². The summed E-state index contributed by atoms with van der Waals surface area (Å²) >= 11 is 1.46. The number of hydrogen-bond acceptors (Lipinski definition) is 8. The van der Waals surface area contributed by atoms with Crippen molar-refractivity contribution in [1.29, 1.82) is 0 Å². The number of methoxy groups -OCH3 is 1. The van der Waals surface area contributed by atoms with Gasteiger partial charge in [0.2, 0.25) is 0 Å². The van der Waals surface area contributed by atoms with Crippen LogP contribution in [0.15, 0.2) is 53.9 Å². The van der Waals surface area contributed by atoms with E-state index < -0.39 is 10.9 Å². The molecule has 0 aliphatic heterocycles. The Labute approximate surface area is 171 Å². The Hall–Kier alpha value is -3.30. The fraction of sp³-hybridized carbons (Fsp3) is 0.200. The zero-order valence-electron chi connectivity index (χ0n) is 15.7. The molecule has 150 valence electrons. The molecular formula is C20H19N3O5S. The number of ether oxygens (including phenoxy) is 2. The normalized spacial score (nSPS) is 10.5. The van der Waals surface area contributed by atoms with Crippen molar-refractivity contribution in [2.45, 2.75) is 6.61 Å². The van der Waals surface area contributed by atoms with E-state index in [0.29, 0.717) is 24.5 Å². The Morgan fingerprint density at radius 1 is 1.24 bits per heavy atom. The van der Waals surface area contributed by atoms with Crippen molar-refractivity contribution in [2.24, 2.45) is 0 Å². The van der Waals surface area contributed by atoms with Gasteiger partial charge in [-0.2, -0.15) is 0 Å². The summed E-state index contributed by atoms with van der Waals surface area (Å²) in [6.07, 6.45) is 0. The van der Waals surface area contributed by atoms with E-state index in [4.69, 9.17) is 9.47 Å². The number of nitro benzene ring substituents is 1. The third-order valence-corrected chi connectivity index (χ3v) is 4.92. The Balaban J connectivity index is 1.71. The van der Waals surface area contributed by atoms with E-state index in [0.717, 1.165) is 10.6 Å². The molecule has 0 saturated heterocycles. The zero-order chi connectivity index (χ0) is 20.6. The average Bonchev–Trinajstić information content (AvgIpc) is 3.22. The quantitative estimate of drug-likeness (QED) is 0.243. The first-order chi connectivity index (χ1) is 14.1. The first-order valence-electron chi connectivity index (χ1n) is 8.76. The minimum atomic E-state index is -0.664. The molecule has 3 rings (SSSR count). The highest BCUT2D eigenvalue weighted by molar-refractivity contribution is 7.13. The fourth-order valence-electron chi connectivity index (χ4n) is 2.56. The summed E-state index contributed by atoms with van der Waals surface area (Å²) < 4.78 is 10.3. The monoisotopic (exact) mass is 413 g/mol. The van der Waals surface area contributed by atoms with Gasteiger partial charge in [0.1, 0.15) is 11.6 Å². The van der Waals surface area contributed by atoms with Crippen molar-refractivity contribution in [2.75, 3.05) is 25.6 Å². The lowest BCUT2D eigenvalue weighted by atomic mass is 10.1. The van der Waals surface area contributed by atoms with Crippen LogP contribution >= 0.6 is 11.3 Å². The second-order valence-electron chi connectivity index (χ2n) is 5.99. The van der Waals surface area contributed by atoms with Crippen LogP contribution in [-0.2, 0) is 16.1 Å². The van der Waals surface area contributed by atoms with Gasteiger partial charge in [-0.25, -0.2) is 9.78 Å². The highest BCUT2D eigenvalue weighted by Gasteiger charge is 2.18. The Morgan fingerprint density at radius 2 is 2.03 bits per heavy atom. The summed E-state index contributed by atoms with van der Waals surface area (Å²) in [5, 5.41) is 16.7. The number of hydrogen-bond donors (Lipinski definition) is 1. The summed E-state index contributed by atoms with van der Waals surface area (Å²) in [7, 11) is 1.56. The van der Waals surface area contributed by atoms with Crippen LogP contribution in [0.3, 0.4) is 0 Å². The smallest absolute Gasteiger partial charge is 0.340 e. The van der Waals surface area contributed by atoms with Crippen LogP contribution in [0, 0.1) is 10.1 Å². The topological polar surface area (TPSA) is 104 Å². The van der Waals surface area contributed by atoms with E-state index in [1.165, 1.54) is 29.5 Å². The summed E-state index contributed by atoms with van der Waals surface area (Å²) in [4.78, 5) is 27.6. The van der Waals surface area contributed by atoms with Crippen molar-refractivity contribution in [3.05, 3.63) is 75.3 Å². The highest BCUT2D eigenvalue weighted by Crippen LogP contribution is 2.25. The van der Waals surface area contributed by atoms with Crippen molar-refractivity contribution >= 4 is 28.7 Å². The van der Waals surface area contributed by atoms with Gasteiger partial charge in [0.05, 0.1) is 22.8 Å². The predicted octanol–water partition coefficient (Wildman–Crippen LogP) is 4.13. The van der Waals surface area contributed by atoms with Gasteiger partial charge in [0.25, 0.3) is 5.69 Å². The molecular weight excluding hydrogens is 394 g/mol. The molecule has 1 N–H and O–H groups in total. The Bertz CT molecular complexity index is 991. The lowest BCUT2D eigenvalue weighted by Gasteiger charge is -2.11. The third kappa shape index (κ3) is 5.37. The first kappa shape index (κ1) is 20.4. The maximum Gasteiger partial charge on any atom is 0.340 e. The molecule has 0 unspecified atom stereocenters. The molecule has 0 amide bonds. The van der Waals surface area contributed by atoms with Gasteiger partial charge < -0.3 is 14.8 Å². The molecule has 3 aromatic rings. The van der Waals surface area contributed by atoms with Gasteiger partial charge in [0.15, 0.2) is 0 Å². The van der Waals surface area contributed by atoms with E-state index in [-0.39, 0.29) is 17.9 Å². The highest BCUT2D eigenvalue weighted by atomic mass is 32.1. The number of benzene rings is 2. The number of rotatable bonds is 9.